The summed E-state index contributed by atoms with van der Waals surface area (Å²) in [5.74, 6) is 1.58. The Morgan fingerprint density at radius 1 is 1.35 bits per heavy atom. The summed E-state index contributed by atoms with van der Waals surface area (Å²) < 4.78 is 6.10. The molecule has 2 aromatic rings. The number of carbonyl (C=O) groups excluding carboxylic acids is 1. The lowest BCUT2D eigenvalue weighted by Crippen LogP contribution is -2.41. The Hall–Kier alpha value is -2.20. The molecular formula is C22H25NO2S. The van der Waals surface area contributed by atoms with E-state index >= 15 is 0 Å². The topological polar surface area (TPSA) is 38.3 Å². The van der Waals surface area contributed by atoms with Gasteiger partial charge >= 0.3 is 0 Å². The van der Waals surface area contributed by atoms with Crippen LogP contribution in [0.5, 0.6) is 5.75 Å². The summed E-state index contributed by atoms with van der Waals surface area (Å²) in [6.07, 6.45) is 2.58. The molecule has 3 rings (SSSR count). The van der Waals surface area contributed by atoms with E-state index in [0.717, 1.165) is 33.9 Å². The molecule has 0 saturated heterocycles. The quantitative estimate of drug-likeness (QED) is 0.575. The van der Waals surface area contributed by atoms with E-state index < -0.39 is 0 Å². The molecule has 1 N–H and O–H groups in total. The molecule has 26 heavy (non-hydrogen) atoms. The average Bonchev–Trinajstić information content (AvgIpc) is 2.60. The maximum Gasteiger partial charge on any atom is 0.252 e. The van der Waals surface area contributed by atoms with Gasteiger partial charge in [0.2, 0.25) is 0 Å². The lowest BCUT2D eigenvalue weighted by Gasteiger charge is -2.38. The summed E-state index contributed by atoms with van der Waals surface area (Å²) in [4.78, 5) is 14.0. The lowest BCUT2D eigenvalue weighted by atomic mass is 9.88. The minimum Gasteiger partial charge on any atom is -0.487 e. The number of fused-ring (bicyclic) bond motifs is 1. The van der Waals surface area contributed by atoms with Gasteiger partial charge in [-0.25, -0.2) is 0 Å². The third-order valence-corrected chi connectivity index (χ3v) is 5.49. The number of carbonyl (C=O) groups is 1. The molecule has 0 aromatic heterocycles. The molecule has 1 amide bonds. The van der Waals surface area contributed by atoms with E-state index in [0.29, 0.717) is 5.56 Å². The molecule has 0 unspecified atom stereocenters. The van der Waals surface area contributed by atoms with Gasteiger partial charge in [-0.05, 0) is 39.0 Å². The number of hydrogen-bond donors (Lipinski definition) is 1. The van der Waals surface area contributed by atoms with Gasteiger partial charge in [0.15, 0.2) is 0 Å². The van der Waals surface area contributed by atoms with E-state index in [4.69, 9.17) is 4.74 Å². The van der Waals surface area contributed by atoms with E-state index in [1.165, 1.54) is 0 Å². The fourth-order valence-electron chi connectivity index (χ4n) is 3.27. The van der Waals surface area contributed by atoms with Crippen LogP contribution in [-0.2, 0) is 0 Å². The largest absolute Gasteiger partial charge is 0.487 e. The molecular weight excluding hydrogens is 342 g/mol. The van der Waals surface area contributed by atoms with E-state index in [2.05, 4.69) is 38.7 Å². The van der Waals surface area contributed by atoms with Crippen LogP contribution in [0.3, 0.4) is 0 Å². The molecule has 1 aliphatic rings. The van der Waals surface area contributed by atoms with E-state index in [1.807, 2.05) is 42.5 Å². The van der Waals surface area contributed by atoms with E-state index in [-0.39, 0.29) is 17.6 Å². The minimum atomic E-state index is -0.322. The van der Waals surface area contributed by atoms with Crippen molar-refractivity contribution < 1.29 is 9.53 Å². The number of rotatable bonds is 5. The SMILES string of the molecule is C=CCSc1ccccc1C(=O)N[C@H]1CC(C)(C)Oc2ccc(C)cc21. The van der Waals surface area contributed by atoms with Crippen molar-refractivity contribution >= 4 is 17.7 Å². The number of ether oxygens (including phenoxy) is 1. The van der Waals surface area contributed by atoms with Crippen LogP contribution in [0.15, 0.2) is 60.0 Å². The van der Waals surface area contributed by atoms with Gasteiger partial charge in [-0.1, -0.05) is 35.9 Å². The Balaban J connectivity index is 1.88. The second kappa shape index (κ2) is 7.58. The van der Waals surface area contributed by atoms with Gasteiger partial charge in [0.05, 0.1) is 11.6 Å². The van der Waals surface area contributed by atoms with Crippen LogP contribution in [0.2, 0.25) is 0 Å². The fraction of sp³-hybridized carbons (Fsp3) is 0.318. The van der Waals surface area contributed by atoms with Gasteiger partial charge < -0.3 is 10.1 Å². The molecule has 3 nitrogen and oxygen atoms in total. The predicted octanol–water partition coefficient (Wildman–Crippen LogP) is 5.31. The molecule has 0 bridgehead atoms. The number of benzene rings is 2. The molecule has 2 aromatic carbocycles. The normalized spacial score (nSPS) is 17.7. The summed E-state index contributed by atoms with van der Waals surface area (Å²) >= 11 is 1.62. The molecule has 0 radical (unpaired) electrons. The fourth-order valence-corrected chi connectivity index (χ4v) is 4.06. The molecule has 1 heterocycles. The van der Waals surface area contributed by atoms with E-state index in [9.17, 15) is 4.79 Å². The van der Waals surface area contributed by atoms with Crippen LogP contribution in [0.25, 0.3) is 0 Å². The first-order valence-corrected chi connectivity index (χ1v) is 9.81. The monoisotopic (exact) mass is 367 g/mol. The lowest BCUT2D eigenvalue weighted by molar-refractivity contribution is 0.0618. The van der Waals surface area contributed by atoms with Crippen molar-refractivity contribution in [1.82, 2.24) is 5.32 Å². The van der Waals surface area contributed by atoms with E-state index in [1.54, 1.807) is 11.8 Å². The van der Waals surface area contributed by atoms with Crippen molar-refractivity contribution in [2.75, 3.05) is 5.75 Å². The van der Waals surface area contributed by atoms with Crippen LogP contribution < -0.4 is 10.1 Å². The van der Waals surface area contributed by atoms with Gasteiger partial charge in [0, 0.05) is 22.6 Å². The molecule has 0 spiro atoms. The summed E-state index contributed by atoms with van der Waals surface area (Å²) in [5.41, 5.74) is 2.59. The molecule has 0 saturated carbocycles. The number of aryl methyl sites for hydroxylation is 1. The standard InChI is InChI=1S/C22H25NO2S/c1-5-12-26-20-9-7-6-8-16(20)21(24)23-18-14-22(3,4)25-19-11-10-15(2)13-17(18)19/h5-11,13,18H,1,12,14H2,2-4H3,(H,23,24)/t18-/m0/s1. The van der Waals surface area contributed by atoms with Gasteiger partial charge in [-0.2, -0.15) is 0 Å². The number of hydrogen-bond acceptors (Lipinski definition) is 3. The number of thioether (sulfide) groups is 1. The van der Waals surface area contributed by atoms with Crippen LogP contribution in [-0.4, -0.2) is 17.3 Å². The molecule has 1 atom stereocenters. The summed E-state index contributed by atoms with van der Waals surface area (Å²) in [6.45, 7) is 9.93. The predicted molar refractivity (Wildman–Crippen MR) is 108 cm³/mol. The van der Waals surface area contributed by atoms with Crippen molar-refractivity contribution in [3.8, 4) is 5.75 Å². The molecule has 0 fully saturated rings. The Morgan fingerprint density at radius 2 is 2.12 bits per heavy atom. The highest BCUT2D eigenvalue weighted by Crippen LogP contribution is 2.40. The molecule has 4 heteroatoms. The summed E-state index contributed by atoms with van der Waals surface area (Å²) in [6, 6.07) is 13.8. The highest BCUT2D eigenvalue weighted by Gasteiger charge is 2.34. The zero-order valence-corrected chi connectivity index (χ0v) is 16.4. The third kappa shape index (κ3) is 4.13. The average molecular weight is 368 g/mol. The van der Waals surface area contributed by atoms with Crippen molar-refractivity contribution in [2.24, 2.45) is 0 Å². The summed E-state index contributed by atoms with van der Waals surface area (Å²) in [5, 5.41) is 3.23. The first-order chi connectivity index (χ1) is 12.4. The molecule has 0 aliphatic carbocycles. The number of nitrogens with one attached hydrogen (secondary N) is 1. The summed E-state index contributed by atoms with van der Waals surface area (Å²) in [7, 11) is 0. The molecule has 136 valence electrons. The first-order valence-electron chi connectivity index (χ1n) is 8.83. The Labute approximate surface area is 159 Å². The third-order valence-electron chi connectivity index (χ3n) is 4.42. The van der Waals surface area contributed by atoms with Gasteiger partial charge in [-0.3, -0.25) is 4.79 Å². The van der Waals surface area contributed by atoms with Crippen molar-refractivity contribution in [1.29, 1.82) is 0 Å². The zero-order valence-electron chi connectivity index (χ0n) is 15.5. The Kier molecular flexibility index (Phi) is 5.42. The Morgan fingerprint density at radius 3 is 2.88 bits per heavy atom. The zero-order chi connectivity index (χ0) is 18.7. The van der Waals surface area contributed by atoms with Gasteiger partial charge in [0.25, 0.3) is 5.91 Å². The van der Waals surface area contributed by atoms with Crippen LogP contribution in [0.1, 0.15) is 47.8 Å². The maximum atomic E-state index is 13.0. The van der Waals surface area contributed by atoms with Crippen LogP contribution in [0, 0.1) is 6.92 Å². The number of amides is 1. The Bertz CT molecular complexity index is 829. The smallest absolute Gasteiger partial charge is 0.252 e. The van der Waals surface area contributed by atoms with Crippen LogP contribution >= 0.6 is 11.8 Å². The molecule has 1 aliphatic heterocycles. The highest BCUT2D eigenvalue weighted by molar-refractivity contribution is 7.99. The van der Waals surface area contributed by atoms with Gasteiger partial charge in [0.1, 0.15) is 11.4 Å². The van der Waals surface area contributed by atoms with Crippen molar-refractivity contribution in [3.05, 3.63) is 71.8 Å². The first kappa shape index (κ1) is 18.6. The maximum absolute atomic E-state index is 13.0. The minimum absolute atomic E-state index is 0.0488. The van der Waals surface area contributed by atoms with Crippen molar-refractivity contribution in [3.63, 3.8) is 0 Å². The van der Waals surface area contributed by atoms with Crippen LogP contribution in [0.4, 0.5) is 0 Å². The van der Waals surface area contributed by atoms with Crippen molar-refractivity contribution in [2.45, 2.75) is 43.7 Å². The second-order valence-electron chi connectivity index (χ2n) is 7.23. The van der Waals surface area contributed by atoms with Gasteiger partial charge in [-0.15, -0.1) is 18.3 Å². The highest BCUT2D eigenvalue weighted by atomic mass is 32.2. The second-order valence-corrected chi connectivity index (χ2v) is 8.29.